The molecule has 2 aromatic heterocycles. The van der Waals surface area contributed by atoms with Crippen molar-refractivity contribution < 1.29 is 4.42 Å². The Labute approximate surface area is 100 Å². The van der Waals surface area contributed by atoms with E-state index in [0.717, 1.165) is 26.7 Å². The number of nitrogens with two attached hydrogens (primary N) is 1. The van der Waals surface area contributed by atoms with Crippen LogP contribution in [0, 0.1) is 6.92 Å². The van der Waals surface area contributed by atoms with Gasteiger partial charge in [0.05, 0.1) is 4.88 Å². The molecule has 2 aromatic rings. The Balaban J connectivity index is 2.35. The van der Waals surface area contributed by atoms with Crippen LogP contribution in [0.4, 0.5) is 0 Å². The normalized spacial score (nSPS) is 10.9. The Hall–Kier alpha value is -0.650. The van der Waals surface area contributed by atoms with Crippen molar-refractivity contribution in [3.63, 3.8) is 0 Å². The van der Waals surface area contributed by atoms with E-state index < -0.39 is 0 Å². The number of nitrogens with zero attached hydrogens (tertiary/aromatic N) is 1. The summed E-state index contributed by atoms with van der Waals surface area (Å²) in [6.45, 7) is 2.49. The van der Waals surface area contributed by atoms with E-state index in [4.69, 9.17) is 10.2 Å². The lowest BCUT2D eigenvalue weighted by Crippen LogP contribution is -2.02. The SMILES string of the molecule is Cc1oc(CCN)nc1-c1cc(Br)cs1. The van der Waals surface area contributed by atoms with E-state index in [0.29, 0.717) is 13.0 Å². The third kappa shape index (κ3) is 2.30. The van der Waals surface area contributed by atoms with Gasteiger partial charge in [-0.25, -0.2) is 4.98 Å². The van der Waals surface area contributed by atoms with Crippen molar-refractivity contribution in [1.29, 1.82) is 0 Å². The lowest BCUT2D eigenvalue weighted by atomic mass is 10.3. The molecule has 2 rings (SSSR count). The van der Waals surface area contributed by atoms with Gasteiger partial charge in [0.1, 0.15) is 11.5 Å². The Morgan fingerprint density at radius 3 is 3.00 bits per heavy atom. The van der Waals surface area contributed by atoms with Gasteiger partial charge in [-0.1, -0.05) is 0 Å². The van der Waals surface area contributed by atoms with Gasteiger partial charge in [0.15, 0.2) is 5.89 Å². The summed E-state index contributed by atoms with van der Waals surface area (Å²) < 4.78 is 6.59. The molecule has 5 heteroatoms. The van der Waals surface area contributed by atoms with Gasteiger partial charge >= 0.3 is 0 Å². The van der Waals surface area contributed by atoms with Gasteiger partial charge in [0, 0.05) is 22.8 Å². The molecule has 0 amide bonds. The van der Waals surface area contributed by atoms with E-state index in [-0.39, 0.29) is 0 Å². The Kier molecular flexibility index (Phi) is 3.23. The highest BCUT2D eigenvalue weighted by atomic mass is 79.9. The van der Waals surface area contributed by atoms with E-state index >= 15 is 0 Å². The summed E-state index contributed by atoms with van der Waals surface area (Å²) in [5, 5.41) is 2.03. The summed E-state index contributed by atoms with van der Waals surface area (Å²) in [6, 6.07) is 2.04. The van der Waals surface area contributed by atoms with Gasteiger partial charge in [-0.2, -0.15) is 0 Å². The molecule has 0 aromatic carbocycles. The minimum Gasteiger partial charge on any atom is -0.445 e. The van der Waals surface area contributed by atoms with Gasteiger partial charge in [0.25, 0.3) is 0 Å². The molecule has 0 fully saturated rings. The van der Waals surface area contributed by atoms with Crippen LogP contribution in [0.2, 0.25) is 0 Å². The molecule has 0 unspecified atom stereocenters. The van der Waals surface area contributed by atoms with Crippen LogP contribution in [0.5, 0.6) is 0 Å². The molecule has 0 aliphatic carbocycles. The molecule has 0 aliphatic rings. The molecule has 0 spiro atoms. The van der Waals surface area contributed by atoms with Crippen LogP contribution in [-0.2, 0) is 6.42 Å². The summed E-state index contributed by atoms with van der Waals surface area (Å²) in [5.41, 5.74) is 6.38. The molecular formula is C10H11BrN2OS. The fraction of sp³-hybridized carbons (Fsp3) is 0.300. The summed E-state index contributed by atoms with van der Waals surface area (Å²) >= 11 is 5.07. The lowest BCUT2D eigenvalue weighted by molar-refractivity contribution is 0.473. The van der Waals surface area contributed by atoms with Crippen LogP contribution in [0.1, 0.15) is 11.7 Å². The minimum atomic E-state index is 0.563. The van der Waals surface area contributed by atoms with Crippen molar-refractivity contribution in [1.82, 2.24) is 4.98 Å². The second kappa shape index (κ2) is 4.47. The molecule has 15 heavy (non-hydrogen) atoms. The maximum atomic E-state index is 5.52. The maximum absolute atomic E-state index is 5.52. The zero-order valence-electron chi connectivity index (χ0n) is 8.29. The number of rotatable bonds is 3. The van der Waals surface area contributed by atoms with E-state index in [1.165, 1.54) is 0 Å². The average Bonchev–Trinajstić information content (AvgIpc) is 2.73. The standard InChI is InChI=1S/C10H11BrN2OS/c1-6-10(8-4-7(11)5-15-8)13-9(14-6)2-3-12/h4-5H,2-3,12H2,1H3. The molecule has 2 heterocycles. The van der Waals surface area contributed by atoms with Crippen molar-refractivity contribution in [3.8, 4) is 10.6 Å². The van der Waals surface area contributed by atoms with Crippen LogP contribution in [0.15, 0.2) is 20.3 Å². The summed E-state index contributed by atoms with van der Waals surface area (Å²) in [6.07, 6.45) is 0.688. The van der Waals surface area contributed by atoms with E-state index in [9.17, 15) is 0 Å². The first-order valence-electron chi connectivity index (χ1n) is 4.61. The summed E-state index contributed by atoms with van der Waals surface area (Å²) in [4.78, 5) is 5.54. The molecule has 0 bridgehead atoms. The molecule has 0 saturated heterocycles. The average molecular weight is 287 g/mol. The van der Waals surface area contributed by atoms with Gasteiger partial charge < -0.3 is 10.2 Å². The van der Waals surface area contributed by atoms with Gasteiger partial charge in [-0.05, 0) is 28.9 Å². The summed E-state index contributed by atoms with van der Waals surface area (Å²) in [7, 11) is 0. The topological polar surface area (TPSA) is 52.0 Å². The highest BCUT2D eigenvalue weighted by Crippen LogP contribution is 2.31. The van der Waals surface area contributed by atoms with Crippen molar-refractivity contribution in [2.24, 2.45) is 5.73 Å². The van der Waals surface area contributed by atoms with Crippen molar-refractivity contribution in [2.75, 3.05) is 6.54 Å². The molecule has 3 nitrogen and oxygen atoms in total. The molecule has 0 saturated carbocycles. The predicted octanol–water partition coefficient (Wildman–Crippen LogP) is 2.98. The largest absolute Gasteiger partial charge is 0.445 e. The van der Waals surface area contributed by atoms with Crippen molar-refractivity contribution >= 4 is 27.3 Å². The van der Waals surface area contributed by atoms with Crippen LogP contribution in [0.3, 0.4) is 0 Å². The third-order valence-electron chi connectivity index (χ3n) is 2.00. The predicted molar refractivity (Wildman–Crippen MR) is 65.0 cm³/mol. The second-order valence-electron chi connectivity index (χ2n) is 3.18. The number of oxazole rings is 1. The van der Waals surface area contributed by atoms with Crippen LogP contribution >= 0.6 is 27.3 Å². The molecule has 80 valence electrons. The zero-order chi connectivity index (χ0) is 10.8. The molecule has 0 radical (unpaired) electrons. The number of halogens is 1. The highest BCUT2D eigenvalue weighted by molar-refractivity contribution is 9.10. The monoisotopic (exact) mass is 286 g/mol. The van der Waals surface area contributed by atoms with Crippen LogP contribution < -0.4 is 5.73 Å². The van der Waals surface area contributed by atoms with Crippen molar-refractivity contribution in [3.05, 3.63) is 27.6 Å². The van der Waals surface area contributed by atoms with Gasteiger partial charge in [0.2, 0.25) is 0 Å². The molecule has 0 atom stereocenters. The van der Waals surface area contributed by atoms with E-state index in [1.807, 2.05) is 18.4 Å². The number of hydrogen-bond donors (Lipinski definition) is 1. The Morgan fingerprint density at radius 2 is 2.40 bits per heavy atom. The zero-order valence-corrected chi connectivity index (χ0v) is 10.7. The van der Waals surface area contributed by atoms with Gasteiger partial charge in [-0.15, -0.1) is 11.3 Å². The van der Waals surface area contributed by atoms with E-state index in [2.05, 4.69) is 20.9 Å². The molecule has 2 N–H and O–H groups in total. The number of aryl methyl sites for hydroxylation is 1. The fourth-order valence-corrected chi connectivity index (χ4v) is 2.81. The lowest BCUT2D eigenvalue weighted by Gasteiger charge is -1.88. The smallest absolute Gasteiger partial charge is 0.196 e. The van der Waals surface area contributed by atoms with Crippen LogP contribution in [0.25, 0.3) is 10.6 Å². The summed E-state index contributed by atoms with van der Waals surface area (Å²) in [5.74, 6) is 1.57. The van der Waals surface area contributed by atoms with E-state index in [1.54, 1.807) is 11.3 Å². The quantitative estimate of drug-likeness (QED) is 0.944. The third-order valence-corrected chi connectivity index (χ3v) is 3.70. The highest BCUT2D eigenvalue weighted by Gasteiger charge is 2.12. The number of aromatic nitrogens is 1. The van der Waals surface area contributed by atoms with Crippen LogP contribution in [-0.4, -0.2) is 11.5 Å². The second-order valence-corrected chi connectivity index (χ2v) is 5.01. The minimum absolute atomic E-state index is 0.563. The van der Waals surface area contributed by atoms with Crippen molar-refractivity contribution in [2.45, 2.75) is 13.3 Å². The molecular weight excluding hydrogens is 276 g/mol. The Morgan fingerprint density at radius 1 is 1.60 bits per heavy atom. The maximum Gasteiger partial charge on any atom is 0.196 e. The first kappa shape index (κ1) is 10.9. The first-order chi connectivity index (χ1) is 7.20. The Bertz CT molecular complexity index is 464. The molecule has 0 aliphatic heterocycles. The first-order valence-corrected chi connectivity index (χ1v) is 6.28. The number of hydrogen-bond acceptors (Lipinski definition) is 4. The van der Waals surface area contributed by atoms with Gasteiger partial charge in [-0.3, -0.25) is 0 Å². The fourth-order valence-electron chi connectivity index (χ4n) is 1.35. The number of thiophene rings is 1.